The van der Waals surface area contributed by atoms with Crippen molar-refractivity contribution in [1.82, 2.24) is 10.2 Å². The van der Waals surface area contributed by atoms with E-state index in [1.165, 1.54) is 77.3 Å². The van der Waals surface area contributed by atoms with Crippen LogP contribution in [0, 0.1) is 46.3 Å². The van der Waals surface area contributed by atoms with Gasteiger partial charge >= 0.3 is 0 Å². The molecule has 1 heterocycles. The van der Waals surface area contributed by atoms with Crippen LogP contribution in [-0.2, 0) is 4.79 Å². The number of aliphatic hydroxyl groups is 1. The molecule has 4 saturated carbocycles. The Morgan fingerprint density at radius 1 is 0.971 bits per heavy atom. The van der Waals surface area contributed by atoms with Crippen molar-refractivity contribution < 1.29 is 9.90 Å². The molecule has 4 aliphatic carbocycles. The Morgan fingerprint density at radius 2 is 1.71 bits per heavy atom. The second-order valence-corrected chi connectivity index (χ2v) is 14.1. The number of hydrogen-bond acceptors (Lipinski definition) is 3. The third-order valence-corrected chi connectivity index (χ3v) is 12.4. The second kappa shape index (κ2) is 10.6. The van der Waals surface area contributed by atoms with Crippen LogP contribution in [0.15, 0.2) is 0 Å². The van der Waals surface area contributed by atoms with Gasteiger partial charge in [0.2, 0.25) is 5.91 Å². The zero-order chi connectivity index (χ0) is 24.6. The van der Waals surface area contributed by atoms with E-state index in [1.807, 2.05) is 0 Å². The van der Waals surface area contributed by atoms with E-state index in [4.69, 9.17) is 0 Å². The number of amides is 1. The van der Waals surface area contributed by atoms with Gasteiger partial charge in [-0.15, -0.1) is 0 Å². The van der Waals surface area contributed by atoms with Crippen LogP contribution in [0.5, 0.6) is 0 Å². The van der Waals surface area contributed by atoms with Crippen LogP contribution in [0.4, 0.5) is 0 Å². The largest absolute Gasteiger partial charge is 0.393 e. The van der Waals surface area contributed by atoms with Crippen molar-refractivity contribution in [3.05, 3.63) is 0 Å². The van der Waals surface area contributed by atoms with Crippen LogP contribution in [0.1, 0.15) is 111 Å². The fraction of sp³-hybridized carbons (Fsp3) is 0.968. The highest BCUT2D eigenvalue weighted by Gasteiger charge is 2.60. The first kappa shape index (κ1) is 26.0. The molecule has 0 radical (unpaired) electrons. The molecule has 4 nitrogen and oxygen atoms in total. The first-order chi connectivity index (χ1) is 16.8. The van der Waals surface area contributed by atoms with E-state index in [2.05, 4.69) is 31.0 Å². The summed E-state index contributed by atoms with van der Waals surface area (Å²) < 4.78 is 0. The van der Waals surface area contributed by atoms with Gasteiger partial charge in [0, 0.05) is 19.5 Å². The number of fused-ring (bicyclic) bond motifs is 5. The monoisotopic (exact) mass is 486 g/mol. The molecule has 200 valence electrons. The van der Waals surface area contributed by atoms with Gasteiger partial charge < -0.3 is 15.3 Å². The average Bonchev–Trinajstić information content (AvgIpc) is 3.21. The Balaban J connectivity index is 1.12. The maximum atomic E-state index is 12.6. The van der Waals surface area contributed by atoms with Crippen LogP contribution >= 0.6 is 0 Å². The highest BCUT2D eigenvalue weighted by atomic mass is 16.3. The van der Waals surface area contributed by atoms with E-state index < -0.39 is 0 Å². The summed E-state index contributed by atoms with van der Waals surface area (Å²) in [7, 11) is 0. The minimum absolute atomic E-state index is 0.0443. The zero-order valence-corrected chi connectivity index (χ0v) is 23.1. The van der Waals surface area contributed by atoms with E-state index in [0.717, 1.165) is 61.9 Å². The first-order valence-corrected chi connectivity index (χ1v) is 15.5. The molecule has 0 bridgehead atoms. The molecule has 1 saturated heterocycles. The topological polar surface area (TPSA) is 52.6 Å². The summed E-state index contributed by atoms with van der Waals surface area (Å²) in [4.78, 5) is 15.1. The third-order valence-electron chi connectivity index (χ3n) is 12.4. The number of likely N-dealkylation sites (tertiary alicyclic amines) is 1. The van der Waals surface area contributed by atoms with E-state index in [0.29, 0.717) is 23.2 Å². The van der Waals surface area contributed by atoms with E-state index in [-0.39, 0.29) is 12.0 Å². The summed E-state index contributed by atoms with van der Waals surface area (Å²) in [5.41, 5.74) is 0.947. The van der Waals surface area contributed by atoms with E-state index >= 15 is 0 Å². The van der Waals surface area contributed by atoms with Crippen LogP contribution in [0.2, 0.25) is 0 Å². The molecule has 4 heteroatoms. The maximum absolute atomic E-state index is 12.6. The van der Waals surface area contributed by atoms with Gasteiger partial charge in [-0.25, -0.2) is 0 Å². The molecule has 0 spiro atoms. The summed E-state index contributed by atoms with van der Waals surface area (Å²) >= 11 is 0. The molecular weight excluding hydrogens is 432 g/mol. The number of aliphatic hydroxyl groups excluding tert-OH is 1. The SMILES string of the molecule is CC(CCC(=O)NCCN1CCCCC1)C1CCC2C3CCC4C[C@H](O)CC[C@]4(C)C3CC[C@]12C. The van der Waals surface area contributed by atoms with E-state index in [1.54, 1.807) is 0 Å². The Bertz CT molecular complexity index is 735. The fourth-order valence-electron chi connectivity index (χ4n) is 10.4. The highest BCUT2D eigenvalue weighted by molar-refractivity contribution is 5.75. The predicted molar refractivity (Wildman–Crippen MR) is 143 cm³/mol. The van der Waals surface area contributed by atoms with E-state index in [9.17, 15) is 9.90 Å². The molecule has 5 aliphatic rings. The van der Waals surface area contributed by atoms with Crippen LogP contribution in [-0.4, -0.2) is 48.2 Å². The van der Waals surface area contributed by atoms with Gasteiger partial charge in [0.05, 0.1) is 6.10 Å². The molecule has 6 unspecified atom stereocenters. The number of nitrogens with one attached hydrogen (secondary N) is 1. The summed E-state index contributed by atoms with van der Waals surface area (Å²) in [5, 5.41) is 13.5. The van der Waals surface area contributed by atoms with Gasteiger partial charge in [0.15, 0.2) is 0 Å². The van der Waals surface area contributed by atoms with Crippen molar-refractivity contribution in [1.29, 1.82) is 0 Å². The summed E-state index contributed by atoms with van der Waals surface area (Å²) in [6, 6.07) is 0. The van der Waals surface area contributed by atoms with Gasteiger partial charge in [0.25, 0.3) is 0 Å². The Morgan fingerprint density at radius 3 is 2.51 bits per heavy atom. The molecule has 0 aromatic carbocycles. The quantitative estimate of drug-likeness (QED) is 0.462. The van der Waals surface area contributed by atoms with Crippen molar-refractivity contribution in [2.24, 2.45) is 46.3 Å². The average molecular weight is 487 g/mol. The molecule has 2 N–H and O–H groups in total. The van der Waals surface area contributed by atoms with Crippen LogP contribution in [0.3, 0.4) is 0 Å². The zero-order valence-electron chi connectivity index (χ0n) is 23.1. The number of carbonyl (C=O) groups is 1. The Kier molecular flexibility index (Phi) is 7.91. The fourth-order valence-corrected chi connectivity index (χ4v) is 10.4. The molecule has 1 amide bonds. The van der Waals surface area contributed by atoms with Crippen LogP contribution in [0.25, 0.3) is 0 Å². The predicted octanol–water partition coefficient (Wildman–Crippen LogP) is 6.02. The second-order valence-electron chi connectivity index (χ2n) is 14.1. The van der Waals surface area contributed by atoms with Gasteiger partial charge in [-0.1, -0.05) is 27.2 Å². The number of carbonyl (C=O) groups excluding carboxylic acids is 1. The molecule has 5 rings (SSSR count). The summed E-state index contributed by atoms with van der Waals surface area (Å²) in [6.45, 7) is 11.9. The van der Waals surface area contributed by atoms with Crippen LogP contribution < -0.4 is 5.32 Å². The number of piperidine rings is 1. The molecule has 1 aliphatic heterocycles. The van der Waals surface area contributed by atoms with Gasteiger partial charge in [-0.05, 0) is 136 Å². The lowest BCUT2D eigenvalue weighted by atomic mass is 9.44. The van der Waals surface area contributed by atoms with Crippen molar-refractivity contribution in [2.45, 2.75) is 117 Å². The van der Waals surface area contributed by atoms with Crippen molar-refractivity contribution in [3.63, 3.8) is 0 Å². The lowest BCUT2D eigenvalue weighted by molar-refractivity contribution is -0.129. The molecule has 0 aromatic heterocycles. The summed E-state index contributed by atoms with van der Waals surface area (Å²) in [6.07, 6.45) is 17.4. The third kappa shape index (κ3) is 5.09. The number of rotatable bonds is 7. The summed E-state index contributed by atoms with van der Waals surface area (Å²) in [5.74, 6) is 5.12. The smallest absolute Gasteiger partial charge is 0.220 e. The maximum Gasteiger partial charge on any atom is 0.220 e. The molecule has 35 heavy (non-hydrogen) atoms. The standard InChI is InChI=1S/C31H54N2O2/c1-22(7-12-29(35)32-17-20-33-18-5-4-6-19-33)26-10-11-27-25-9-8-23-21-24(34)13-15-30(23,2)28(25)14-16-31(26,27)3/h22-28,34H,4-21H2,1-3H3,(H,32,35)/t22?,23?,24-,25?,26?,27?,28?,30+,31-/m1/s1. The number of nitrogens with zero attached hydrogens (tertiary/aromatic N) is 1. The Labute approximate surface area is 215 Å². The number of hydrogen-bond donors (Lipinski definition) is 2. The molecule has 5 fully saturated rings. The first-order valence-electron chi connectivity index (χ1n) is 15.5. The minimum atomic E-state index is -0.0443. The van der Waals surface area contributed by atoms with Crippen molar-refractivity contribution in [2.75, 3.05) is 26.2 Å². The van der Waals surface area contributed by atoms with Crippen molar-refractivity contribution >= 4 is 5.91 Å². The van der Waals surface area contributed by atoms with Crippen molar-refractivity contribution in [3.8, 4) is 0 Å². The molecule has 0 aromatic rings. The van der Waals surface area contributed by atoms with Gasteiger partial charge in [-0.2, -0.15) is 0 Å². The minimum Gasteiger partial charge on any atom is -0.393 e. The normalized spacial score (nSPS) is 44.7. The highest BCUT2D eigenvalue weighted by Crippen LogP contribution is 2.68. The molecule has 9 atom stereocenters. The molecular formula is C31H54N2O2. The van der Waals surface area contributed by atoms with Gasteiger partial charge in [0.1, 0.15) is 0 Å². The lowest BCUT2D eigenvalue weighted by Gasteiger charge is -2.61. The Hall–Kier alpha value is -0.610. The van der Waals surface area contributed by atoms with Gasteiger partial charge in [-0.3, -0.25) is 4.79 Å². The lowest BCUT2D eigenvalue weighted by Crippen LogP contribution is -2.54.